The summed E-state index contributed by atoms with van der Waals surface area (Å²) in [6.07, 6.45) is 0. The molecule has 0 saturated carbocycles. The number of carbonyl (C=O) groups is 1. The fraction of sp³-hybridized carbons (Fsp3) is 0.375. The van der Waals surface area contributed by atoms with Crippen molar-refractivity contribution in [3.8, 4) is 0 Å². The monoisotopic (exact) mass is 169 g/mol. The number of hydrogen-bond acceptors (Lipinski definition) is 4. The van der Waals surface area contributed by atoms with Crippen LogP contribution in [0.4, 0.5) is 0 Å². The van der Waals surface area contributed by atoms with Crippen LogP contribution in [0.25, 0.3) is 0 Å². The summed E-state index contributed by atoms with van der Waals surface area (Å²) in [6.45, 7) is 1.79. The van der Waals surface area contributed by atoms with E-state index in [1.165, 1.54) is 7.11 Å². The average Bonchev–Trinajstić information content (AvgIpc) is 2.49. The van der Waals surface area contributed by atoms with Gasteiger partial charge in [-0.15, -0.1) is 0 Å². The van der Waals surface area contributed by atoms with E-state index in [9.17, 15) is 4.79 Å². The van der Waals surface area contributed by atoms with Crippen molar-refractivity contribution in [3.63, 3.8) is 0 Å². The second kappa shape index (κ2) is 3.40. The Morgan fingerprint density at radius 1 is 1.67 bits per heavy atom. The second-order valence-corrected chi connectivity index (χ2v) is 2.45. The van der Waals surface area contributed by atoms with Crippen LogP contribution in [0, 0.1) is 6.92 Å². The lowest BCUT2D eigenvalue weighted by Gasteiger charge is -2.04. The number of ether oxygens (including phenoxy) is 1. The van der Waals surface area contributed by atoms with Crippen LogP contribution in [0.3, 0.4) is 0 Å². The summed E-state index contributed by atoms with van der Waals surface area (Å²) in [5, 5.41) is 0. The van der Waals surface area contributed by atoms with Crippen LogP contribution in [0.1, 0.15) is 17.6 Å². The third-order valence-electron chi connectivity index (χ3n) is 1.52. The van der Waals surface area contributed by atoms with Crippen molar-refractivity contribution in [2.45, 2.75) is 13.0 Å². The summed E-state index contributed by atoms with van der Waals surface area (Å²) < 4.78 is 9.59. The van der Waals surface area contributed by atoms with Crippen LogP contribution >= 0.6 is 0 Å². The zero-order valence-electron chi connectivity index (χ0n) is 7.03. The summed E-state index contributed by atoms with van der Waals surface area (Å²) in [7, 11) is 1.29. The van der Waals surface area contributed by atoms with Crippen molar-refractivity contribution in [1.29, 1.82) is 0 Å². The van der Waals surface area contributed by atoms with E-state index in [1.807, 2.05) is 0 Å². The lowest BCUT2D eigenvalue weighted by molar-refractivity contribution is -0.142. The molecule has 0 radical (unpaired) electrons. The highest BCUT2D eigenvalue weighted by Crippen LogP contribution is 2.14. The lowest BCUT2D eigenvalue weighted by atomic mass is 10.2. The quantitative estimate of drug-likeness (QED) is 0.664. The first-order valence-corrected chi connectivity index (χ1v) is 3.55. The predicted octanol–water partition coefficient (Wildman–Crippen LogP) is 0.761. The Bertz CT molecular complexity index is 280. The largest absolute Gasteiger partial charge is 0.468 e. The van der Waals surface area contributed by atoms with Gasteiger partial charge in [0.2, 0.25) is 0 Å². The Hall–Kier alpha value is -1.29. The van der Waals surface area contributed by atoms with Gasteiger partial charge in [0.15, 0.2) is 6.04 Å². The summed E-state index contributed by atoms with van der Waals surface area (Å²) in [5.74, 6) is 0.660. The molecule has 2 N–H and O–H groups in total. The summed E-state index contributed by atoms with van der Waals surface area (Å²) in [5.41, 5.74) is 5.49. The van der Waals surface area contributed by atoms with E-state index in [0.29, 0.717) is 5.76 Å². The number of hydrogen-bond donors (Lipinski definition) is 1. The van der Waals surface area contributed by atoms with Crippen LogP contribution in [0.15, 0.2) is 16.5 Å². The molecule has 0 aliphatic rings. The molecule has 12 heavy (non-hydrogen) atoms. The second-order valence-electron chi connectivity index (χ2n) is 2.45. The molecule has 1 rings (SSSR count). The van der Waals surface area contributed by atoms with Crippen molar-refractivity contribution in [2.75, 3.05) is 7.11 Å². The minimum atomic E-state index is -0.816. The number of esters is 1. The first-order chi connectivity index (χ1) is 5.65. The maximum atomic E-state index is 10.9. The molecule has 0 fully saturated rings. The molecule has 0 amide bonds. The Morgan fingerprint density at radius 2 is 2.33 bits per heavy atom. The van der Waals surface area contributed by atoms with Gasteiger partial charge in [-0.25, -0.2) is 4.79 Å². The molecule has 1 aromatic heterocycles. The van der Waals surface area contributed by atoms with Gasteiger partial charge in [0.05, 0.1) is 7.11 Å². The van der Waals surface area contributed by atoms with Crippen LogP contribution in [0.5, 0.6) is 0 Å². The predicted molar refractivity (Wildman–Crippen MR) is 42.4 cm³/mol. The van der Waals surface area contributed by atoms with E-state index in [1.54, 1.807) is 19.1 Å². The van der Waals surface area contributed by atoms with Crippen molar-refractivity contribution in [1.82, 2.24) is 0 Å². The number of aryl methyl sites for hydroxylation is 1. The third-order valence-corrected chi connectivity index (χ3v) is 1.52. The van der Waals surface area contributed by atoms with Gasteiger partial charge in [-0.1, -0.05) is 0 Å². The van der Waals surface area contributed by atoms with Crippen molar-refractivity contribution in [2.24, 2.45) is 5.73 Å². The molecule has 0 bridgehead atoms. The molecule has 1 atom stereocenters. The SMILES string of the molecule is COC(=O)[C@@H](N)c1ccc(C)o1. The Kier molecular flexibility index (Phi) is 2.50. The fourth-order valence-electron chi connectivity index (χ4n) is 0.864. The van der Waals surface area contributed by atoms with Gasteiger partial charge in [-0.05, 0) is 19.1 Å². The first-order valence-electron chi connectivity index (χ1n) is 3.55. The van der Waals surface area contributed by atoms with Gasteiger partial charge in [0, 0.05) is 0 Å². The Labute approximate surface area is 70.3 Å². The molecule has 4 nitrogen and oxygen atoms in total. The van der Waals surface area contributed by atoms with Crippen LogP contribution in [-0.4, -0.2) is 13.1 Å². The summed E-state index contributed by atoms with van der Waals surface area (Å²) >= 11 is 0. The standard InChI is InChI=1S/C8H11NO3/c1-5-3-4-6(12-5)7(9)8(10)11-2/h3-4,7H,9H2,1-2H3/t7-/m0/s1. The van der Waals surface area contributed by atoms with E-state index >= 15 is 0 Å². The molecular weight excluding hydrogens is 158 g/mol. The number of carbonyl (C=O) groups excluding carboxylic acids is 1. The lowest BCUT2D eigenvalue weighted by Crippen LogP contribution is -2.21. The van der Waals surface area contributed by atoms with Gasteiger partial charge < -0.3 is 14.9 Å². The molecule has 0 spiro atoms. The van der Waals surface area contributed by atoms with Crippen LogP contribution in [-0.2, 0) is 9.53 Å². The molecule has 0 saturated heterocycles. The number of methoxy groups -OCH3 is 1. The van der Waals surface area contributed by atoms with E-state index in [4.69, 9.17) is 10.2 Å². The zero-order valence-corrected chi connectivity index (χ0v) is 7.03. The Balaban J connectivity index is 2.77. The van der Waals surface area contributed by atoms with E-state index in [2.05, 4.69) is 4.74 Å². The summed E-state index contributed by atoms with van der Waals surface area (Å²) in [4.78, 5) is 10.9. The maximum absolute atomic E-state index is 10.9. The molecule has 0 unspecified atom stereocenters. The minimum Gasteiger partial charge on any atom is -0.468 e. The topological polar surface area (TPSA) is 65.5 Å². The molecule has 0 aliphatic heterocycles. The molecule has 0 aromatic carbocycles. The van der Waals surface area contributed by atoms with Crippen LogP contribution in [0.2, 0.25) is 0 Å². The highest BCUT2D eigenvalue weighted by atomic mass is 16.5. The first kappa shape index (κ1) is 8.80. The van der Waals surface area contributed by atoms with Crippen molar-refractivity contribution >= 4 is 5.97 Å². The maximum Gasteiger partial charge on any atom is 0.330 e. The third kappa shape index (κ3) is 1.65. The van der Waals surface area contributed by atoms with Crippen LogP contribution < -0.4 is 5.73 Å². The molecule has 66 valence electrons. The Morgan fingerprint density at radius 3 is 2.75 bits per heavy atom. The number of furan rings is 1. The average molecular weight is 169 g/mol. The van der Waals surface area contributed by atoms with E-state index in [0.717, 1.165) is 5.76 Å². The highest BCUT2D eigenvalue weighted by molar-refractivity contribution is 5.76. The van der Waals surface area contributed by atoms with Crippen molar-refractivity contribution in [3.05, 3.63) is 23.7 Å². The van der Waals surface area contributed by atoms with E-state index < -0.39 is 12.0 Å². The van der Waals surface area contributed by atoms with Gasteiger partial charge in [-0.3, -0.25) is 0 Å². The fourth-order valence-corrected chi connectivity index (χ4v) is 0.864. The van der Waals surface area contributed by atoms with Gasteiger partial charge >= 0.3 is 5.97 Å². The highest BCUT2D eigenvalue weighted by Gasteiger charge is 2.18. The van der Waals surface area contributed by atoms with Crippen molar-refractivity contribution < 1.29 is 13.9 Å². The molecule has 1 heterocycles. The number of nitrogens with two attached hydrogens (primary N) is 1. The minimum absolute atomic E-state index is 0.430. The molecule has 1 aromatic rings. The van der Waals surface area contributed by atoms with Gasteiger partial charge in [0.25, 0.3) is 0 Å². The normalized spacial score (nSPS) is 12.6. The molecular formula is C8H11NO3. The summed E-state index contributed by atoms with van der Waals surface area (Å²) in [6, 6.07) is 2.60. The smallest absolute Gasteiger partial charge is 0.330 e. The molecule has 0 aliphatic carbocycles. The van der Waals surface area contributed by atoms with E-state index in [-0.39, 0.29) is 0 Å². The van der Waals surface area contributed by atoms with Gasteiger partial charge in [0.1, 0.15) is 11.5 Å². The van der Waals surface area contributed by atoms with Gasteiger partial charge in [-0.2, -0.15) is 0 Å². The zero-order chi connectivity index (χ0) is 9.14. The molecule has 4 heteroatoms. The number of rotatable bonds is 2.